The standard InChI is InChI=1S/C16H20N4OS2/c1-2-12-17-16-20(18-12)15(21)14(23-16)13(11-7-6-10-22-11)19-8-4-3-5-9-19/h6-7,10,13,21H,2-5,8-9H2,1H3. The van der Waals surface area contributed by atoms with E-state index in [2.05, 4.69) is 32.5 Å². The number of piperidine rings is 1. The Balaban J connectivity index is 1.79. The van der Waals surface area contributed by atoms with E-state index in [1.165, 1.54) is 24.1 Å². The average Bonchev–Trinajstić information content (AvgIpc) is 3.29. The van der Waals surface area contributed by atoms with Gasteiger partial charge in [0.2, 0.25) is 10.8 Å². The normalized spacial score (nSPS) is 17.8. The third-order valence-electron chi connectivity index (χ3n) is 4.38. The molecule has 5 nitrogen and oxygen atoms in total. The van der Waals surface area contributed by atoms with Gasteiger partial charge in [-0.3, -0.25) is 4.90 Å². The summed E-state index contributed by atoms with van der Waals surface area (Å²) in [7, 11) is 0. The molecule has 0 aliphatic carbocycles. The van der Waals surface area contributed by atoms with E-state index in [1.54, 1.807) is 27.2 Å². The second kappa shape index (κ2) is 6.22. The number of hydrogen-bond donors (Lipinski definition) is 1. The number of hydrogen-bond acceptors (Lipinski definition) is 6. The largest absolute Gasteiger partial charge is 0.492 e. The monoisotopic (exact) mass is 348 g/mol. The summed E-state index contributed by atoms with van der Waals surface area (Å²) in [6.45, 7) is 4.19. The predicted octanol–water partition coefficient (Wildman–Crippen LogP) is 3.70. The van der Waals surface area contributed by atoms with Gasteiger partial charge in [0, 0.05) is 11.3 Å². The lowest BCUT2D eigenvalue weighted by atomic mass is 10.1. The van der Waals surface area contributed by atoms with Crippen LogP contribution in [0.2, 0.25) is 0 Å². The van der Waals surface area contributed by atoms with Crippen molar-refractivity contribution in [2.24, 2.45) is 0 Å². The molecule has 4 heterocycles. The van der Waals surface area contributed by atoms with Crippen LogP contribution in [0, 0.1) is 0 Å². The molecule has 7 heteroatoms. The molecular weight excluding hydrogens is 328 g/mol. The van der Waals surface area contributed by atoms with Crippen molar-refractivity contribution in [2.75, 3.05) is 13.1 Å². The fourth-order valence-corrected chi connectivity index (χ4v) is 5.29. The van der Waals surface area contributed by atoms with Crippen molar-refractivity contribution in [3.63, 3.8) is 0 Å². The van der Waals surface area contributed by atoms with Crippen molar-refractivity contribution in [2.45, 2.75) is 38.6 Å². The van der Waals surface area contributed by atoms with E-state index in [0.717, 1.165) is 35.2 Å². The van der Waals surface area contributed by atoms with Crippen molar-refractivity contribution in [3.8, 4) is 5.88 Å². The molecule has 1 saturated heterocycles. The molecule has 0 saturated carbocycles. The molecule has 0 spiro atoms. The number of rotatable bonds is 4. The van der Waals surface area contributed by atoms with Gasteiger partial charge in [0.25, 0.3) is 0 Å². The molecule has 1 fully saturated rings. The first-order chi connectivity index (χ1) is 11.3. The van der Waals surface area contributed by atoms with Gasteiger partial charge in [-0.25, -0.2) is 4.98 Å². The zero-order valence-corrected chi connectivity index (χ0v) is 14.7. The highest BCUT2D eigenvalue weighted by molar-refractivity contribution is 7.17. The number of aromatic nitrogens is 3. The number of nitrogens with zero attached hydrogens (tertiary/aromatic N) is 4. The highest BCUT2D eigenvalue weighted by atomic mass is 32.1. The van der Waals surface area contributed by atoms with E-state index in [4.69, 9.17) is 0 Å². The fraction of sp³-hybridized carbons (Fsp3) is 0.500. The summed E-state index contributed by atoms with van der Waals surface area (Å²) in [6, 6.07) is 4.37. The van der Waals surface area contributed by atoms with Crippen LogP contribution in [0.4, 0.5) is 0 Å². The molecule has 1 aliphatic heterocycles. The Morgan fingerprint density at radius 3 is 2.78 bits per heavy atom. The predicted molar refractivity (Wildman–Crippen MR) is 93.5 cm³/mol. The van der Waals surface area contributed by atoms with Crippen molar-refractivity contribution in [1.29, 1.82) is 0 Å². The molecule has 1 unspecified atom stereocenters. The van der Waals surface area contributed by atoms with E-state index in [0.29, 0.717) is 0 Å². The van der Waals surface area contributed by atoms with Gasteiger partial charge in [0.15, 0.2) is 5.82 Å². The van der Waals surface area contributed by atoms with E-state index in [1.807, 2.05) is 6.92 Å². The molecule has 1 atom stereocenters. The van der Waals surface area contributed by atoms with Crippen molar-refractivity contribution < 1.29 is 5.11 Å². The highest BCUT2D eigenvalue weighted by Crippen LogP contribution is 2.42. The summed E-state index contributed by atoms with van der Waals surface area (Å²) in [5, 5.41) is 17.3. The molecular formula is C16H20N4OS2. The third kappa shape index (κ3) is 2.66. The Morgan fingerprint density at radius 1 is 1.30 bits per heavy atom. The van der Waals surface area contributed by atoms with Gasteiger partial charge in [-0.05, 0) is 37.4 Å². The van der Waals surface area contributed by atoms with Gasteiger partial charge in [-0.1, -0.05) is 30.7 Å². The lowest BCUT2D eigenvalue weighted by molar-refractivity contribution is 0.188. The molecule has 0 radical (unpaired) electrons. The molecule has 3 aromatic rings. The molecule has 0 bridgehead atoms. The lowest BCUT2D eigenvalue weighted by Crippen LogP contribution is -2.33. The van der Waals surface area contributed by atoms with E-state index < -0.39 is 0 Å². The average molecular weight is 348 g/mol. The van der Waals surface area contributed by atoms with Crippen LogP contribution in [0.5, 0.6) is 5.88 Å². The molecule has 122 valence electrons. The number of thiophene rings is 1. The Kier molecular flexibility index (Phi) is 4.09. The first-order valence-corrected chi connectivity index (χ1v) is 9.82. The molecule has 1 aliphatic rings. The molecule has 0 amide bonds. The summed E-state index contributed by atoms with van der Waals surface area (Å²) in [5.41, 5.74) is 0. The SMILES string of the molecule is CCc1nc2sc(C(c3cccs3)N3CCCCC3)c(O)n2n1. The lowest BCUT2D eigenvalue weighted by Gasteiger charge is -2.33. The summed E-state index contributed by atoms with van der Waals surface area (Å²) in [6.07, 6.45) is 4.53. The van der Waals surface area contributed by atoms with Crippen LogP contribution in [0.25, 0.3) is 4.96 Å². The third-order valence-corrected chi connectivity index (χ3v) is 6.37. The van der Waals surface area contributed by atoms with Crippen molar-refractivity contribution in [3.05, 3.63) is 33.1 Å². The molecule has 4 rings (SSSR count). The van der Waals surface area contributed by atoms with Crippen molar-refractivity contribution in [1.82, 2.24) is 19.5 Å². The molecule has 3 aromatic heterocycles. The highest BCUT2D eigenvalue weighted by Gasteiger charge is 2.30. The van der Waals surface area contributed by atoms with Gasteiger partial charge >= 0.3 is 0 Å². The van der Waals surface area contributed by atoms with Gasteiger partial charge in [-0.15, -0.1) is 16.4 Å². The maximum Gasteiger partial charge on any atom is 0.230 e. The minimum absolute atomic E-state index is 0.119. The summed E-state index contributed by atoms with van der Waals surface area (Å²) in [5.74, 6) is 1.03. The van der Waals surface area contributed by atoms with Crippen molar-refractivity contribution >= 4 is 27.6 Å². The topological polar surface area (TPSA) is 53.7 Å². The van der Waals surface area contributed by atoms with Gasteiger partial charge < -0.3 is 5.11 Å². The van der Waals surface area contributed by atoms with Gasteiger partial charge in [0.05, 0.1) is 10.9 Å². The molecule has 23 heavy (non-hydrogen) atoms. The number of likely N-dealkylation sites (tertiary alicyclic amines) is 1. The minimum atomic E-state index is 0.119. The second-order valence-electron chi connectivity index (χ2n) is 5.88. The van der Waals surface area contributed by atoms with E-state index in [-0.39, 0.29) is 11.9 Å². The second-order valence-corrected chi connectivity index (χ2v) is 7.87. The van der Waals surface area contributed by atoms with Crippen LogP contribution in [0.1, 0.15) is 47.8 Å². The smallest absolute Gasteiger partial charge is 0.230 e. The first kappa shape index (κ1) is 15.1. The van der Waals surface area contributed by atoms with Crippen LogP contribution in [0.15, 0.2) is 17.5 Å². The van der Waals surface area contributed by atoms with Crippen LogP contribution >= 0.6 is 22.7 Å². The Hall–Kier alpha value is -1.44. The zero-order chi connectivity index (χ0) is 15.8. The van der Waals surface area contributed by atoms with E-state index in [9.17, 15) is 5.11 Å². The van der Waals surface area contributed by atoms with Crippen LogP contribution < -0.4 is 0 Å². The Labute approximate surface area is 143 Å². The summed E-state index contributed by atoms with van der Waals surface area (Å²) in [4.78, 5) is 10.0. The van der Waals surface area contributed by atoms with Crippen LogP contribution in [-0.2, 0) is 6.42 Å². The van der Waals surface area contributed by atoms with Gasteiger partial charge in [-0.2, -0.15) is 4.52 Å². The number of thiazole rings is 1. The zero-order valence-electron chi connectivity index (χ0n) is 13.1. The Morgan fingerprint density at radius 2 is 2.13 bits per heavy atom. The molecule has 0 aromatic carbocycles. The quantitative estimate of drug-likeness (QED) is 0.781. The van der Waals surface area contributed by atoms with E-state index >= 15 is 0 Å². The summed E-state index contributed by atoms with van der Waals surface area (Å²) < 4.78 is 1.60. The fourth-order valence-electron chi connectivity index (χ4n) is 3.22. The van der Waals surface area contributed by atoms with Crippen LogP contribution in [0.3, 0.4) is 0 Å². The summed E-state index contributed by atoms with van der Waals surface area (Å²) >= 11 is 3.32. The maximum absolute atomic E-state index is 10.7. The van der Waals surface area contributed by atoms with Gasteiger partial charge in [0.1, 0.15) is 0 Å². The molecule has 1 N–H and O–H groups in total. The number of fused-ring (bicyclic) bond motifs is 1. The number of aryl methyl sites for hydroxylation is 1. The minimum Gasteiger partial charge on any atom is -0.492 e. The van der Waals surface area contributed by atoms with Crippen LogP contribution in [-0.4, -0.2) is 37.7 Å². The Bertz CT molecular complexity index is 787. The number of aromatic hydroxyl groups is 1. The maximum atomic E-state index is 10.7. The first-order valence-electron chi connectivity index (χ1n) is 8.12.